The van der Waals surface area contributed by atoms with Crippen LogP contribution in [0, 0.1) is 15.5 Å². The number of rotatable bonds is 10. The van der Waals surface area contributed by atoms with Crippen molar-refractivity contribution in [1.29, 1.82) is 5.41 Å². The van der Waals surface area contributed by atoms with E-state index in [0.29, 0.717) is 36.2 Å². The molecule has 1 atom stereocenters. The van der Waals surface area contributed by atoms with Crippen molar-refractivity contribution in [1.82, 2.24) is 10.2 Å². The number of carbonyl (C=O) groups is 4. The lowest BCUT2D eigenvalue weighted by atomic mass is 10.0. The Labute approximate surface area is 276 Å². The first kappa shape index (κ1) is 37.1. The summed E-state index contributed by atoms with van der Waals surface area (Å²) in [6.45, 7) is 4.38. The Morgan fingerprint density at radius 1 is 1.10 bits per heavy atom. The van der Waals surface area contributed by atoms with Crippen LogP contribution in [0.4, 0.5) is 18.9 Å². The summed E-state index contributed by atoms with van der Waals surface area (Å²) in [5, 5.41) is 28.6. The molecule has 0 saturated carbocycles. The second-order valence-corrected chi connectivity index (χ2v) is 12.1. The van der Waals surface area contributed by atoms with Crippen LogP contribution in [0.15, 0.2) is 54.6 Å². The fourth-order valence-electron chi connectivity index (χ4n) is 4.57. The molecular formula is C31H32F3N5O8S. The third-order valence-electron chi connectivity index (χ3n) is 6.81. The van der Waals surface area contributed by atoms with E-state index in [2.05, 4.69) is 5.32 Å². The van der Waals surface area contributed by atoms with Crippen molar-refractivity contribution < 1.29 is 47.1 Å². The van der Waals surface area contributed by atoms with E-state index in [1.54, 1.807) is 54.3 Å². The SMILES string of the molecule is CC(C)OC(=O)Cc1cc2c(s1)CCN(C(=O)[C@H](Cc1ccc([N+](=O)[O-])cc1)NC(=O)c1ccc(C(=N)N)cc1)C2.O=C(O)C(F)(F)F. The van der Waals surface area contributed by atoms with Crippen LogP contribution in [0.25, 0.3) is 0 Å². The summed E-state index contributed by atoms with van der Waals surface area (Å²) in [5.41, 5.74) is 7.82. The molecule has 3 aromatic rings. The molecule has 13 nitrogen and oxygen atoms in total. The number of carboxylic acid groups (broad SMARTS) is 1. The van der Waals surface area contributed by atoms with Crippen LogP contribution in [-0.4, -0.2) is 69.4 Å². The molecule has 2 heterocycles. The van der Waals surface area contributed by atoms with E-state index in [4.69, 9.17) is 25.8 Å². The first-order valence-corrected chi connectivity index (χ1v) is 15.1. The highest BCUT2D eigenvalue weighted by atomic mass is 32.1. The molecule has 256 valence electrons. The lowest BCUT2D eigenvalue weighted by Gasteiger charge is -2.31. The highest BCUT2D eigenvalue weighted by Crippen LogP contribution is 2.29. The number of fused-ring (bicyclic) bond motifs is 1. The molecule has 0 spiro atoms. The first-order valence-electron chi connectivity index (χ1n) is 14.3. The lowest BCUT2D eigenvalue weighted by Crippen LogP contribution is -2.50. The topological polar surface area (TPSA) is 206 Å². The molecule has 2 aromatic carbocycles. The van der Waals surface area contributed by atoms with Crippen molar-refractivity contribution in [2.24, 2.45) is 5.73 Å². The van der Waals surface area contributed by atoms with Gasteiger partial charge in [-0.1, -0.05) is 24.3 Å². The van der Waals surface area contributed by atoms with Crippen molar-refractivity contribution >= 4 is 46.6 Å². The largest absolute Gasteiger partial charge is 0.490 e. The molecule has 17 heteroatoms. The quantitative estimate of drug-likeness (QED) is 0.0796. The molecule has 0 radical (unpaired) electrons. The normalized spacial score (nSPS) is 13.0. The van der Waals surface area contributed by atoms with Gasteiger partial charge in [0.15, 0.2) is 0 Å². The number of ether oxygens (including phenoxy) is 1. The van der Waals surface area contributed by atoms with Gasteiger partial charge in [-0.15, -0.1) is 11.3 Å². The number of nitrogens with zero attached hydrogens (tertiary/aromatic N) is 2. The fraction of sp³-hybridized carbons (Fsp3) is 0.323. The van der Waals surface area contributed by atoms with Crippen LogP contribution >= 0.6 is 11.3 Å². The van der Waals surface area contributed by atoms with Gasteiger partial charge >= 0.3 is 18.1 Å². The smallest absolute Gasteiger partial charge is 0.475 e. The average molecular weight is 692 g/mol. The molecule has 0 unspecified atom stereocenters. The molecule has 5 N–H and O–H groups in total. The van der Waals surface area contributed by atoms with Crippen LogP contribution in [0.1, 0.15) is 50.7 Å². The first-order chi connectivity index (χ1) is 22.4. The number of nitrogens with two attached hydrogens (primary N) is 1. The van der Waals surface area contributed by atoms with Gasteiger partial charge in [0.2, 0.25) is 5.91 Å². The van der Waals surface area contributed by atoms with Crippen molar-refractivity contribution in [3.05, 3.63) is 96.7 Å². The van der Waals surface area contributed by atoms with E-state index in [1.165, 1.54) is 24.3 Å². The Morgan fingerprint density at radius 3 is 2.21 bits per heavy atom. The maximum Gasteiger partial charge on any atom is 0.490 e. The van der Waals surface area contributed by atoms with Gasteiger partial charge in [-0.25, -0.2) is 4.79 Å². The summed E-state index contributed by atoms with van der Waals surface area (Å²) in [5.74, 6) is -3.93. The maximum absolute atomic E-state index is 13.8. The van der Waals surface area contributed by atoms with Gasteiger partial charge in [0.1, 0.15) is 11.9 Å². The van der Waals surface area contributed by atoms with Crippen molar-refractivity contribution in [2.45, 2.75) is 58.0 Å². The summed E-state index contributed by atoms with van der Waals surface area (Å²) in [4.78, 5) is 62.2. The number of amides is 2. The number of carbonyl (C=O) groups excluding carboxylic acids is 3. The van der Waals surface area contributed by atoms with E-state index < -0.39 is 29.0 Å². The van der Waals surface area contributed by atoms with Crippen LogP contribution in [-0.2, 0) is 44.9 Å². The van der Waals surface area contributed by atoms with Gasteiger partial charge in [-0.3, -0.25) is 29.9 Å². The second-order valence-electron chi connectivity index (χ2n) is 10.8. The van der Waals surface area contributed by atoms with Gasteiger partial charge in [0, 0.05) is 52.5 Å². The minimum atomic E-state index is -5.08. The van der Waals surface area contributed by atoms with Gasteiger partial charge in [0.05, 0.1) is 17.4 Å². The highest BCUT2D eigenvalue weighted by molar-refractivity contribution is 7.12. The summed E-state index contributed by atoms with van der Waals surface area (Å²) in [6.07, 6.45) is -4.35. The molecule has 0 bridgehead atoms. The number of esters is 1. The molecule has 1 aliphatic heterocycles. The molecule has 1 aromatic heterocycles. The van der Waals surface area contributed by atoms with Crippen LogP contribution in [0.5, 0.6) is 0 Å². The van der Waals surface area contributed by atoms with E-state index >= 15 is 0 Å². The number of amidine groups is 1. The number of non-ortho nitro benzene ring substituents is 1. The molecule has 1 aliphatic rings. The standard InChI is InChI=1S/C29H31N5O6S.C2HF3O2/c1-17(2)40-26(35)15-23-14-21-16-33(12-11-25(21)41-23)29(37)24(13-18-3-9-22(10-4-18)34(38)39)32-28(36)20-7-5-19(6-8-20)27(30)31;3-2(4,5)1(6)7/h3-10,14,17,24H,11-13,15-16H2,1-2H3,(H3,30,31)(H,32,36);(H,6,7)/t24-;/m0./s1. The number of hydrogen-bond acceptors (Lipinski definition) is 9. The summed E-state index contributed by atoms with van der Waals surface area (Å²) < 4.78 is 37.0. The Kier molecular flexibility index (Phi) is 12.4. The Hall–Kier alpha value is -5.32. The van der Waals surface area contributed by atoms with Gasteiger partial charge in [0.25, 0.3) is 11.6 Å². The Morgan fingerprint density at radius 2 is 1.69 bits per heavy atom. The van der Waals surface area contributed by atoms with E-state index in [-0.39, 0.29) is 42.3 Å². The number of nitro groups is 1. The molecule has 4 rings (SSSR count). The molecule has 0 saturated heterocycles. The predicted octanol–water partition coefficient (Wildman–Crippen LogP) is 3.99. The number of alkyl halides is 3. The van der Waals surface area contributed by atoms with Gasteiger partial charge in [-0.05, 0) is 49.6 Å². The zero-order valence-corrected chi connectivity index (χ0v) is 26.5. The lowest BCUT2D eigenvalue weighted by molar-refractivity contribution is -0.384. The minimum absolute atomic E-state index is 0.0691. The third kappa shape index (κ3) is 10.6. The number of halogens is 3. The number of nitrogen functional groups attached to an aromatic ring is 1. The highest BCUT2D eigenvalue weighted by Gasteiger charge is 2.38. The number of nitro benzene ring substituents is 1. The van der Waals surface area contributed by atoms with Crippen molar-refractivity contribution in [2.75, 3.05) is 6.54 Å². The van der Waals surface area contributed by atoms with E-state index in [9.17, 15) is 37.7 Å². The van der Waals surface area contributed by atoms with Gasteiger partial charge < -0.3 is 25.8 Å². The summed E-state index contributed by atoms with van der Waals surface area (Å²) in [6, 6.07) is 13.0. The van der Waals surface area contributed by atoms with Gasteiger partial charge in [-0.2, -0.15) is 13.2 Å². The Bertz CT molecular complexity index is 1670. The molecule has 48 heavy (non-hydrogen) atoms. The number of carboxylic acids is 1. The predicted molar refractivity (Wildman–Crippen MR) is 168 cm³/mol. The minimum Gasteiger partial charge on any atom is -0.475 e. The molecular weight excluding hydrogens is 659 g/mol. The van der Waals surface area contributed by atoms with Crippen LogP contribution < -0.4 is 11.1 Å². The monoisotopic (exact) mass is 691 g/mol. The number of aliphatic carboxylic acids is 1. The number of nitrogens with one attached hydrogen (secondary N) is 2. The zero-order valence-electron chi connectivity index (χ0n) is 25.7. The van der Waals surface area contributed by atoms with E-state index in [1.807, 2.05) is 6.07 Å². The number of thiophene rings is 1. The molecule has 0 fully saturated rings. The van der Waals surface area contributed by atoms with Crippen molar-refractivity contribution in [3.8, 4) is 0 Å². The second kappa shape index (κ2) is 16.0. The van der Waals surface area contributed by atoms with E-state index in [0.717, 1.165) is 15.3 Å². The number of benzene rings is 2. The summed E-state index contributed by atoms with van der Waals surface area (Å²) >= 11 is 1.54. The fourth-order valence-corrected chi connectivity index (χ4v) is 5.72. The van der Waals surface area contributed by atoms with Crippen LogP contribution in [0.3, 0.4) is 0 Å². The molecule has 0 aliphatic carbocycles. The zero-order chi connectivity index (χ0) is 35.8. The third-order valence-corrected chi connectivity index (χ3v) is 8.04. The summed E-state index contributed by atoms with van der Waals surface area (Å²) in [7, 11) is 0. The maximum atomic E-state index is 13.8. The van der Waals surface area contributed by atoms with Crippen molar-refractivity contribution in [3.63, 3.8) is 0 Å². The molecule has 2 amide bonds. The Balaban J connectivity index is 0.000000804. The van der Waals surface area contributed by atoms with Crippen LogP contribution in [0.2, 0.25) is 0 Å². The number of hydrogen-bond donors (Lipinski definition) is 4. The average Bonchev–Trinajstić information content (AvgIpc) is 3.41.